The highest BCUT2D eigenvalue weighted by atomic mass is 28.4. The number of benzene rings is 2. The fourth-order valence-corrected chi connectivity index (χ4v) is 10.1. The number of hydrogen-bond acceptors (Lipinski definition) is 4. The zero-order valence-electron chi connectivity index (χ0n) is 21.9. The van der Waals surface area contributed by atoms with E-state index >= 15 is 0 Å². The fraction of sp³-hybridized carbons (Fsp3) is 0.481. The van der Waals surface area contributed by atoms with E-state index in [0.29, 0.717) is 22.1 Å². The van der Waals surface area contributed by atoms with Crippen LogP contribution in [0.3, 0.4) is 0 Å². The third-order valence-corrected chi connectivity index (χ3v) is 12.6. The molecule has 0 aliphatic heterocycles. The fourth-order valence-electron chi connectivity index (χ4n) is 4.76. The minimum Gasteiger partial charge on any atom is -0.449 e. The van der Waals surface area contributed by atoms with Gasteiger partial charge in [-0.3, -0.25) is 0 Å². The molecule has 2 aromatic carbocycles. The Morgan fingerprint density at radius 3 is 1.76 bits per heavy atom. The van der Waals surface area contributed by atoms with Crippen LogP contribution in [0.15, 0.2) is 67.3 Å². The van der Waals surface area contributed by atoms with Crippen molar-refractivity contribution in [2.75, 3.05) is 0 Å². The molecule has 34 heavy (non-hydrogen) atoms. The third kappa shape index (κ3) is 9.20. The molecule has 0 aliphatic carbocycles. The molecule has 0 fully saturated rings. The number of hydrogen-bond donors (Lipinski definition) is 3. The van der Waals surface area contributed by atoms with Crippen molar-refractivity contribution in [2.24, 2.45) is 0 Å². The Balaban J connectivity index is 0.000000350. The molecule has 0 aromatic heterocycles. The van der Waals surface area contributed by atoms with Crippen LogP contribution in [0.1, 0.15) is 66.4 Å². The van der Waals surface area contributed by atoms with Crippen LogP contribution in [0.4, 0.5) is 0 Å². The Bertz CT molecular complexity index is 789. The van der Waals surface area contributed by atoms with Gasteiger partial charge in [0, 0.05) is 0 Å². The summed E-state index contributed by atoms with van der Waals surface area (Å²) < 4.78 is 6.30. The molecule has 0 spiro atoms. The van der Waals surface area contributed by atoms with Crippen LogP contribution in [0, 0.1) is 0 Å². The van der Waals surface area contributed by atoms with Crippen LogP contribution < -0.4 is 10.9 Å². The largest absolute Gasteiger partial charge is 0.488 e. The van der Waals surface area contributed by atoms with Gasteiger partial charge in [0.05, 0.1) is 0 Å². The van der Waals surface area contributed by atoms with E-state index in [-0.39, 0.29) is 0 Å². The molecule has 2 aromatic rings. The minimum atomic E-state index is -2.02. The maximum absolute atomic E-state index is 10.4. The summed E-state index contributed by atoms with van der Waals surface area (Å²) in [5, 5.41) is 28.2. The SMILES string of the molecule is C=CCCCCc1ccc(B(O)O)cc1.CC(C)[Si](OB(O)c1ccccc1)(C(C)C)C(C)C. The predicted molar refractivity (Wildman–Crippen MR) is 150 cm³/mol. The van der Waals surface area contributed by atoms with Crippen molar-refractivity contribution in [1.82, 2.24) is 0 Å². The smallest absolute Gasteiger partial charge is 0.449 e. The summed E-state index contributed by atoms with van der Waals surface area (Å²) in [6.07, 6.45) is 6.34. The second kappa shape index (κ2) is 15.4. The molecule has 0 aliphatic rings. The molecule has 0 heterocycles. The van der Waals surface area contributed by atoms with E-state index in [2.05, 4.69) is 48.1 Å². The molecule has 2 rings (SSSR count). The van der Waals surface area contributed by atoms with Crippen molar-refractivity contribution in [3.63, 3.8) is 0 Å². The first-order valence-corrected chi connectivity index (χ1v) is 14.7. The zero-order valence-corrected chi connectivity index (χ0v) is 22.9. The van der Waals surface area contributed by atoms with E-state index < -0.39 is 22.6 Å². The first kappa shape index (κ1) is 30.4. The van der Waals surface area contributed by atoms with E-state index in [0.717, 1.165) is 31.1 Å². The predicted octanol–water partition coefficient (Wildman–Crippen LogP) is 4.83. The van der Waals surface area contributed by atoms with E-state index in [1.165, 1.54) is 5.56 Å². The highest BCUT2D eigenvalue weighted by Gasteiger charge is 2.47. The number of rotatable bonds is 12. The molecule has 0 amide bonds. The first-order chi connectivity index (χ1) is 16.1. The molecule has 0 saturated carbocycles. The summed E-state index contributed by atoms with van der Waals surface area (Å²) in [5.74, 6) is 0. The molecule has 186 valence electrons. The Kier molecular flexibility index (Phi) is 13.8. The van der Waals surface area contributed by atoms with Crippen molar-refractivity contribution < 1.29 is 19.4 Å². The van der Waals surface area contributed by atoms with Gasteiger partial charge in [0.25, 0.3) is 0 Å². The Morgan fingerprint density at radius 2 is 1.32 bits per heavy atom. The molecule has 3 N–H and O–H groups in total. The maximum Gasteiger partial charge on any atom is 0.488 e. The third-order valence-electron chi connectivity index (χ3n) is 6.51. The highest BCUT2D eigenvalue weighted by molar-refractivity contribution is 6.84. The number of aryl methyl sites for hydroxylation is 1. The Morgan fingerprint density at radius 1 is 0.794 bits per heavy atom. The summed E-state index contributed by atoms with van der Waals surface area (Å²) >= 11 is 0. The Labute approximate surface area is 209 Å². The van der Waals surface area contributed by atoms with Crippen LogP contribution in [0.5, 0.6) is 0 Å². The van der Waals surface area contributed by atoms with E-state index in [1.54, 1.807) is 12.1 Å². The summed E-state index contributed by atoms with van der Waals surface area (Å²) in [7, 11) is -4.19. The second-order valence-electron chi connectivity index (χ2n) is 9.85. The van der Waals surface area contributed by atoms with Gasteiger partial charge in [0.1, 0.15) is 0 Å². The van der Waals surface area contributed by atoms with Gasteiger partial charge in [-0.15, -0.1) is 6.58 Å². The van der Waals surface area contributed by atoms with Crippen LogP contribution >= 0.6 is 0 Å². The van der Waals surface area contributed by atoms with Gasteiger partial charge >= 0.3 is 14.2 Å². The van der Waals surface area contributed by atoms with Crippen molar-refractivity contribution in [1.29, 1.82) is 0 Å². The van der Waals surface area contributed by atoms with Gasteiger partial charge in [-0.25, -0.2) is 0 Å². The van der Waals surface area contributed by atoms with Gasteiger partial charge in [0.2, 0.25) is 0 Å². The average molecular weight is 482 g/mol. The van der Waals surface area contributed by atoms with E-state index in [1.807, 2.05) is 48.5 Å². The lowest BCUT2D eigenvalue weighted by molar-refractivity contribution is 0.397. The van der Waals surface area contributed by atoms with E-state index in [4.69, 9.17) is 14.4 Å². The van der Waals surface area contributed by atoms with Crippen molar-refractivity contribution in [2.45, 2.75) is 83.8 Å². The first-order valence-electron chi connectivity index (χ1n) is 12.5. The summed E-state index contributed by atoms with van der Waals surface area (Å²) in [4.78, 5) is 0. The van der Waals surface area contributed by atoms with Gasteiger partial charge in [-0.05, 0) is 58.8 Å². The lowest BCUT2D eigenvalue weighted by atomic mass is 9.80. The molecule has 4 nitrogen and oxygen atoms in total. The normalized spacial score (nSPS) is 11.4. The Hall–Kier alpha value is -1.63. The van der Waals surface area contributed by atoms with Crippen LogP contribution in [-0.2, 0) is 10.8 Å². The number of unbranched alkanes of at least 4 members (excludes halogenated alkanes) is 2. The summed E-state index contributed by atoms with van der Waals surface area (Å²) in [6, 6.07) is 17.1. The molecule has 0 atom stereocenters. The van der Waals surface area contributed by atoms with Gasteiger partial charge in [-0.1, -0.05) is 102 Å². The minimum absolute atomic E-state index is 0.478. The van der Waals surface area contributed by atoms with Gasteiger partial charge in [-0.2, -0.15) is 0 Å². The van der Waals surface area contributed by atoms with Gasteiger partial charge in [0.15, 0.2) is 8.32 Å². The number of allylic oxidation sites excluding steroid dienone is 1. The van der Waals surface area contributed by atoms with Crippen LogP contribution in [-0.4, -0.2) is 37.6 Å². The molecular formula is C27H44B2O4Si. The molecule has 7 heteroatoms. The summed E-state index contributed by atoms with van der Waals surface area (Å²) in [5.41, 5.74) is 4.07. The second-order valence-corrected chi connectivity index (χ2v) is 15.3. The van der Waals surface area contributed by atoms with Crippen molar-refractivity contribution in [3.8, 4) is 0 Å². The average Bonchev–Trinajstić information content (AvgIpc) is 2.80. The molecule has 0 unspecified atom stereocenters. The lowest BCUT2D eigenvalue weighted by Crippen LogP contribution is -2.54. The lowest BCUT2D eigenvalue weighted by Gasteiger charge is -2.43. The molecule has 0 saturated heterocycles. The molecule has 0 radical (unpaired) electrons. The van der Waals surface area contributed by atoms with Crippen molar-refractivity contribution >= 4 is 33.5 Å². The highest BCUT2D eigenvalue weighted by Crippen LogP contribution is 2.42. The monoisotopic (exact) mass is 482 g/mol. The van der Waals surface area contributed by atoms with Gasteiger partial charge < -0.3 is 19.4 Å². The van der Waals surface area contributed by atoms with Crippen LogP contribution in [0.25, 0.3) is 0 Å². The molecule has 0 bridgehead atoms. The molecular weight excluding hydrogens is 438 g/mol. The topological polar surface area (TPSA) is 69.9 Å². The maximum atomic E-state index is 10.4. The summed E-state index contributed by atoms with van der Waals surface area (Å²) in [6.45, 7) is 17.0. The quantitative estimate of drug-likeness (QED) is 0.230. The standard InChI is InChI=1S/C15H27BO2Si.C12H17BO2/c1-12(2)19(13(3)4,14(5)6)18-16(17)15-10-8-7-9-11-15;1-2-3-4-5-6-11-7-9-12(10-8-11)13(14)15/h7-14,17H,1-6H3;2,7-10,14-15H,1,3-6H2. The van der Waals surface area contributed by atoms with Crippen LogP contribution in [0.2, 0.25) is 16.6 Å². The van der Waals surface area contributed by atoms with Crippen molar-refractivity contribution in [3.05, 3.63) is 72.8 Å². The van der Waals surface area contributed by atoms with E-state index in [9.17, 15) is 5.02 Å². The zero-order chi connectivity index (χ0) is 25.7.